The number of nitrogens with two attached hydrogens (primary N) is 1. The molecule has 80 valence electrons. The first-order chi connectivity index (χ1) is 7.15. The molecule has 0 saturated carbocycles. The van der Waals surface area contributed by atoms with Crippen molar-refractivity contribution in [3.05, 3.63) is 38.9 Å². The van der Waals surface area contributed by atoms with E-state index in [0.29, 0.717) is 5.70 Å². The van der Waals surface area contributed by atoms with Gasteiger partial charge in [0.1, 0.15) is 5.75 Å². The highest BCUT2D eigenvalue weighted by molar-refractivity contribution is 8.07. The van der Waals surface area contributed by atoms with E-state index < -0.39 is 10.8 Å². The minimum atomic E-state index is -0.871. The lowest BCUT2D eigenvalue weighted by Gasteiger charge is -2.10. The van der Waals surface area contributed by atoms with E-state index in [4.69, 9.17) is 10.5 Å². The van der Waals surface area contributed by atoms with E-state index in [9.17, 15) is 4.55 Å². The SMILES string of the molecule is COc1ccc2c(c1C)=S(O)C=CC=2N. The van der Waals surface area contributed by atoms with Crippen molar-refractivity contribution in [1.29, 1.82) is 0 Å². The quantitative estimate of drug-likeness (QED) is 0.711. The van der Waals surface area contributed by atoms with Gasteiger partial charge in [-0.25, -0.2) is 0 Å². The summed E-state index contributed by atoms with van der Waals surface area (Å²) in [7, 11) is 0.750. The van der Waals surface area contributed by atoms with Crippen LogP contribution in [0.2, 0.25) is 0 Å². The Morgan fingerprint density at radius 2 is 2.13 bits per heavy atom. The van der Waals surface area contributed by atoms with Crippen molar-refractivity contribution in [3.8, 4) is 5.75 Å². The van der Waals surface area contributed by atoms with Gasteiger partial charge in [0, 0.05) is 21.0 Å². The maximum absolute atomic E-state index is 9.90. The molecule has 0 amide bonds. The zero-order valence-electron chi connectivity index (χ0n) is 8.65. The van der Waals surface area contributed by atoms with Crippen LogP contribution in [0.4, 0.5) is 0 Å². The number of hydrogen-bond donors (Lipinski definition) is 2. The zero-order chi connectivity index (χ0) is 11.0. The molecule has 0 bridgehead atoms. The summed E-state index contributed by atoms with van der Waals surface area (Å²) in [5, 5.41) is 2.62. The van der Waals surface area contributed by atoms with Crippen LogP contribution >= 0.6 is 10.8 Å². The molecule has 0 aromatic heterocycles. The Morgan fingerprint density at radius 1 is 1.40 bits per heavy atom. The summed E-state index contributed by atoms with van der Waals surface area (Å²) >= 11 is 0. The number of rotatable bonds is 1. The Kier molecular flexibility index (Phi) is 2.54. The summed E-state index contributed by atoms with van der Waals surface area (Å²) in [6.45, 7) is 1.93. The monoisotopic (exact) mass is 223 g/mol. The average molecular weight is 223 g/mol. The molecule has 0 aliphatic carbocycles. The fourth-order valence-corrected chi connectivity index (χ4v) is 2.92. The van der Waals surface area contributed by atoms with Crippen molar-refractivity contribution in [2.45, 2.75) is 6.92 Å². The van der Waals surface area contributed by atoms with Crippen molar-refractivity contribution >= 4 is 16.5 Å². The second-order valence-electron chi connectivity index (χ2n) is 3.34. The van der Waals surface area contributed by atoms with E-state index in [0.717, 1.165) is 21.0 Å². The third-order valence-corrected chi connectivity index (χ3v) is 3.81. The molecule has 1 aromatic rings. The molecule has 15 heavy (non-hydrogen) atoms. The molecule has 1 aliphatic rings. The highest BCUT2D eigenvalue weighted by Crippen LogP contribution is 2.24. The summed E-state index contributed by atoms with van der Waals surface area (Å²) in [6, 6.07) is 3.76. The van der Waals surface area contributed by atoms with Gasteiger partial charge in [-0.3, -0.25) is 0 Å². The lowest BCUT2D eigenvalue weighted by Crippen LogP contribution is -2.16. The van der Waals surface area contributed by atoms with Crippen molar-refractivity contribution in [2.75, 3.05) is 7.11 Å². The molecule has 0 spiro atoms. The Morgan fingerprint density at radius 3 is 2.80 bits per heavy atom. The smallest absolute Gasteiger partial charge is 0.122 e. The zero-order valence-corrected chi connectivity index (χ0v) is 9.47. The summed E-state index contributed by atoms with van der Waals surface area (Å²) in [5.74, 6) is 0.781. The van der Waals surface area contributed by atoms with Crippen LogP contribution in [0.25, 0.3) is 5.70 Å². The number of fused-ring (bicyclic) bond motifs is 1. The van der Waals surface area contributed by atoms with Gasteiger partial charge in [-0.15, -0.1) is 0 Å². The van der Waals surface area contributed by atoms with Crippen LogP contribution in [0.15, 0.2) is 23.6 Å². The van der Waals surface area contributed by atoms with Crippen LogP contribution in [0.1, 0.15) is 5.56 Å². The van der Waals surface area contributed by atoms with Gasteiger partial charge in [-0.05, 0) is 41.3 Å². The first-order valence-electron chi connectivity index (χ1n) is 4.56. The van der Waals surface area contributed by atoms with Crippen LogP contribution in [0.3, 0.4) is 0 Å². The van der Waals surface area contributed by atoms with Gasteiger partial charge < -0.3 is 15.0 Å². The summed E-state index contributed by atoms with van der Waals surface area (Å²) < 4.78 is 16.0. The second-order valence-corrected chi connectivity index (χ2v) is 4.65. The van der Waals surface area contributed by atoms with Crippen molar-refractivity contribution in [3.63, 3.8) is 0 Å². The van der Waals surface area contributed by atoms with Gasteiger partial charge in [-0.1, -0.05) is 0 Å². The van der Waals surface area contributed by atoms with E-state index in [1.54, 1.807) is 18.6 Å². The third kappa shape index (κ3) is 1.56. The predicted molar refractivity (Wildman–Crippen MR) is 63.1 cm³/mol. The van der Waals surface area contributed by atoms with Crippen molar-refractivity contribution in [2.24, 2.45) is 5.73 Å². The molecule has 1 unspecified atom stereocenters. The van der Waals surface area contributed by atoms with Gasteiger partial charge in [-0.2, -0.15) is 0 Å². The van der Waals surface area contributed by atoms with Crippen LogP contribution < -0.4 is 15.7 Å². The van der Waals surface area contributed by atoms with Crippen molar-refractivity contribution in [1.82, 2.24) is 0 Å². The first-order valence-corrected chi connectivity index (χ1v) is 5.80. The molecular formula is C11H13NO2S. The van der Waals surface area contributed by atoms with Gasteiger partial charge >= 0.3 is 0 Å². The lowest BCUT2D eigenvalue weighted by atomic mass is 10.1. The Labute approximate surface area is 90.6 Å². The number of methoxy groups -OCH3 is 1. The molecule has 2 rings (SSSR count). The average Bonchev–Trinajstić information content (AvgIpc) is 2.23. The first kappa shape index (κ1) is 10.3. The Balaban J connectivity index is 2.97. The molecule has 3 N–H and O–H groups in total. The lowest BCUT2D eigenvalue weighted by molar-refractivity contribution is 0.411. The van der Waals surface area contributed by atoms with Crippen LogP contribution in [0, 0.1) is 11.4 Å². The third-order valence-electron chi connectivity index (χ3n) is 2.47. The molecule has 0 saturated heterocycles. The van der Waals surface area contributed by atoms with E-state index in [1.165, 1.54) is 0 Å². The summed E-state index contributed by atoms with van der Waals surface area (Å²) in [5.41, 5.74) is 7.49. The van der Waals surface area contributed by atoms with Crippen LogP contribution in [0.5, 0.6) is 5.75 Å². The molecule has 1 aliphatic heterocycles. The molecule has 0 fully saturated rings. The number of hydrogen-bond acceptors (Lipinski definition) is 3. The van der Waals surface area contributed by atoms with Crippen molar-refractivity contribution < 1.29 is 9.29 Å². The largest absolute Gasteiger partial charge is 0.496 e. The molecular weight excluding hydrogens is 210 g/mol. The van der Waals surface area contributed by atoms with E-state index in [2.05, 4.69) is 0 Å². The molecule has 1 heterocycles. The fourth-order valence-electron chi connectivity index (χ4n) is 1.69. The molecule has 0 radical (unpaired) electrons. The number of ether oxygens (including phenoxy) is 1. The molecule has 1 aromatic carbocycles. The fraction of sp³-hybridized carbons (Fsp3) is 0.182. The van der Waals surface area contributed by atoms with Gasteiger partial charge in [0.25, 0.3) is 0 Å². The minimum Gasteiger partial charge on any atom is -0.496 e. The van der Waals surface area contributed by atoms with Crippen LogP contribution in [-0.4, -0.2) is 11.7 Å². The molecule has 1 atom stereocenters. The van der Waals surface area contributed by atoms with E-state index in [1.807, 2.05) is 19.1 Å². The van der Waals surface area contributed by atoms with Gasteiger partial charge in [0.2, 0.25) is 0 Å². The highest BCUT2D eigenvalue weighted by Gasteiger charge is 2.07. The Hall–Kier alpha value is -1.26. The summed E-state index contributed by atoms with van der Waals surface area (Å²) in [6.07, 6.45) is 1.75. The highest BCUT2D eigenvalue weighted by atomic mass is 32.2. The Bertz CT molecular complexity index is 561. The van der Waals surface area contributed by atoms with Gasteiger partial charge in [0.05, 0.1) is 7.11 Å². The maximum Gasteiger partial charge on any atom is 0.122 e. The normalized spacial score (nSPS) is 18.9. The van der Waals surface area contributed by atoms with Crippen LogP contribution in [-0.2, 0) is 0 Å². The minimum absolute atomic E-state index is 0.688. The number of benzene rings is 1. The van der Waals surface area contributed by atoms with E-state index >= 15 is 0 Å². The van der Waals surface area contributed by atoms with E-state index in [-0.39, 0.29) is 0 Å². The van der Waals surface area contributed by atoms with Gasteiger partial charge in [0.15, 0.2) is 0 Å². The standard InChI is InChI=1S/C11H13NO2S/c1-7-10(14-2)4-3-8-9(12)5-6-15(13)11(7)8/h3-6,13H,12H2,1-2H3. The summed E-state index contributed by atoms with van der Waals surface area (Å²) in [4.78, 5) is 0. The molecule has 3 nitrogen and oxygen atoms in total. The molecule has 4 heteroatoms. The second kappa shape index (κ2) is 3.72. The topological polar surface area (TPSA) is 55.5 Å². The maximum atomic E-state index is 9.90. The predicted octanol–water partition coefficient (Wildman–Crippen LogP) is 1.59.